The van der Waals surface area contributed by atoms with Gasteiger partial charge in [-0.3, -0.25) is 9.69 Å². The summed E-state index contributed by atoms with van der Waals surface area (Å²) >= 11 is 0. The number of carbonyl (C=O) groups is 1. The first kappa shape index (κ1) is 16.3. The van der Waals surface area contributed by atoms with Gasteiger partial charge in [0.2, 0.25) is 5.91 Å². The molecular formula is C18H32N2O2. The molecule has 3 rings (SSSR count). The van der Waals surface area contributed by atoms with E-state index in [1.165, 1.54) is 38.5 Å². The number of aliphatic hydroxyl groups excluding tert-OH is 1. The Balaban J connectivity index is 1.53. The van der Waals surface area contributed by atoms with E-state index in [0.717, 1.165) is 32.4 Å². The number of amides is 1. The van der Waals surface area contributed by atoms with E-state index in [2.05, 4.69) is 16.7 Å². The third-order valence-electron chi connectivity index (χ3n) is 6.31. The predicted octanol–water partition coefficient (Wildman–Crippen LogP) is 2.40. The molecule has 1 amide bonds. The molecule has 0 aromatic carbocycles. The molecule has 3 aliphatic rings. The third-order valence-corrected chi connectivity index (χ3v) is 6.31. The largest absolute Gasteiger partial charge is 0.396 e. The van der Waals surface area contributed by atoms with Gasteiger partial charge in [0.15, 0.2) is 0 Å². The van der Waals surface area contributed by atoms with Gasteiger partial charge in [0.05, 0.1) is 6.54 Å². The topological polar surface area (TPSA) is 43.8 Å². The minimum absolute atomic E-state index is 0.112. The van der Waals surface area contributed by atoms with Gasteiger partial charge in [-0.1, -0.05) is 19.8 Å². The van der Waals surface area contributed by atoms with Crippen molar-refractivity contribution in [2.75, 3.05) is 26.2 Å². The van der Waals surface area contributed by atoms with Crippen LogP contribution in [0.4, 0.5) is 0 Å². The maximum atomic E-state index is 12.8. The summed E-state index contributed by atoms with van der Waals surface area (Å²) in [5.41, 5.74) is 0.112. The van der Waals surface area contributed by atoms with Crippen molar-refractivity contribution in [3.63, 3.8) is 0 Å². The molecule has 126 valence electrons. The van der Waals surface area contributed by atoms with Crippen molar-refractivity contribution in [3.05, 3.63) is 0 Å². The number of aliphatic hydroxyl groups is 1. The van der Waals surface area contributed by atoms with Gasteiger partial charge in [-0.25, -0.2) is 0 Å². The normalized spacial score (nSPS) is 26.3. The second kappa shape index (κ2) is 6.88. The van der Waals surface area contributed by atoms with Crippen molar-refractivity contribution >= 4 is 5.91 Å². The summed E-state index contributed by atoms with van der Waals surface area (Å²) in [5.74, 6) is 0.363. The fourth-order valence-electron chi connectivity index (χ4n) is 4.32. The zero-order valence-corrected chi connectivity index (χ0v) is 14.1. The summed E-state index contributed by atoms with van der Waals surface area (Å²) in [6.07, 6.45) is 10.5. The molecule has 22 heavy (non-hydrogen) atoms. The number of piperidine rings is 1. The Bertz CT molecular complexity index is 375. The minimum Gasteiger partial charge on any atom is -0.396 e. The fraction of sp³-hybridized carbons (Fsp3) is 0.944. The zero-order chi connectivity index (χ0) is 15.6. The van der Waals surface area contributed by atoms with Crippen molar-refractivity contribution in [1.82, 2.24) is 9.80 Å². The van der Waals surface area contributed by atoms with Crippen LogP contribution in [0.15, 0.2) is 0 Å². The standard InChI is InChI=1S/C18H32N2O2/c1-2-18(14-21)9-11-19(12-10-18)13-17(22)20(16-7-8-16)15-5-3-4-6-15/h15-16,21H,2-14H2,1H3. The molecule has 0 atom stereocenters. The molecule has 2 saturated carbocycles. The zero-order valence-electron chi connectivity index (χ0n) is 14.1. The molecular weight excluding hydrogens is 276 g/mol. The quantitative estimate of drug-likeness (QED) is 0.819. The fourth-order valence-corrected chi connectivity index (χ4v) is 4.32. The molecule has 1 aliphatic heterocycles. The van der Waals surface area contributed by atoms with E-state index < -0.39 is 0 Å². The van der Waals surface area contributed by atoms with E-state index in [4.69, 9.17) is 0 Å². The number of carbonyl (C=O) groups excluding carboxylic acids is 1. The molecule has 3 fully saturated rings. The average Bonchev–Trinajstić information content (AvgIpc) is 3.22. The van der Waals surface area contributed by atoms with Crippen LogP contribution in [0.2, 0.25) is 0 Å². The number of hydrogen-bond acceptors (Lipinski definition) is 3. The van der Waals surface area contributed by atoms with Crippen molar-refractivity contribution in [2.24, 2.45) is 5.41 Å². The summed E-state index contributed by atoms with van der Waals surface area (Å²) in [5, 5.41) is 9.63. The molecule has 2 aliphatic carbocycles. The highest BCUT2D eigenvalue weighted by molar-refractivity contribution is 5.79. The number of likely N-dealkylation sites (tertiary alicyclic amines) is 1. The highest BCUT2D eigenvalue weighted by Crippen LogP contribution is 2.36. The number of rotatable bonds is 6. The van der Waals surface area contributed by atoms with Gasteiger partial charge in [0.25, 0.3) is 0 Å². The van der Waals surface area contributed by atoms with Crippen molar-refractivity contribution in [1.29, 1.82) is 0 Å². The van der Waals surface area contributed by atoms with Gasteiger partial charge >= 0.3 is 0 Å². The summed E-state index contributed by atoms with van der Waals surface area (Å²) in [4.78, 5) is 17.4. The van der Waals surface area contributed by atoms with E-state index in [1.54, 1.807) is 0 Å². The van der Waals surface area contributed by atoms with Crippen LogP contribution in [-0.2, 0) is 4.79 Å². The van der Waals surface area contributed by atoms with Gasteiger partial charge < -0.3 is 10.0 Å². The van der Waals surface area contributed by atoms with Crippen molar-refractivity contribution in [2.45, 2.75) is 76.8 Å². The Morgan fingerprint density at radius 3 is 2.23 bits per heavy atom. The Morgan fingerprint density at radius 2 is 1.73 bits per heavy atom. The molecule has 1 heterocycles. The summed E-state index contributed by atoms with van der Waals surface area (Å²) in [7, 11) is 0. The van der Waals surface area contributed by atoms with Gasteiger partial charge in [0.1, 0.15) is 0 Å². The molecule has 0 aromatic rings. The van der Waals surface area contributed by atoms with Crippen molar-refractivity contribution in [3.8, 4) is 0 Å². The Labute approximate surface area is 134 Å². The third kappa shape index (κ3) is 3.48. The van der Waals surface area contributed by atoms with Crippen LogP contribution in [0, 0.1) is 5.41 Å². The minimum atomic E-state index is 0.112. The molecule has 0 bridgehead atoms. The lowest BCUT2D eigenvalue weighted by Gasteiger charge is -2.41. The molecule has 0 spiro atoms. The summed E-state index contributed by atoms with van der Waals surface area (Å²) in [6.45, 7) is 4.98. The highest BCUT2D eigenvalue weighted by atomic mass is 16.3. The van der Waals surface area contributed by atoms with E-state index in [1.807, 2.05) is 0 Å². The molecule has 0 radical (unpaired) electrons. The van der Waals surface area contributed by atoms with Gasteiger partial charge in [0, 0.05) is 18.7 Å². The van der Waals surface area contributed by atoms with Gasteiger partial charge in [-0.2, -0.15) is 0 Å². The molecule has 0 unspecified atom stereocenters. The Kier molecular flexibility index (Phi) is 5.08. The van der Waals surface area contributed by atoms with Gasteiger partial charge in [-0.05, 0) is 63.5 Å². The SMILES string of the molecule is CCC1(CO)CCN(CC(=O)N(C2CCCC2)C2CC2)CC1. The lowest BCUT2D eigenvalue weighted by molar-refractivity contribution is -0.136. The van der Waals surface area contributed by atoms with E-state index >= 15 is 0 Å². The average molecular weight is 308 g/mol. The van der Waals surface area contributed by atoms with Crippen LogP contribution in [0.3, 0.4) is 0 Å². The molecule has 1 saturated heterocycles. The summed E-state index contributed by atoms with van der Waals surface area (Å²) in [6, 6.07) is 1.07. The van der Waals surface area contributed by atoms with E-state index in [0.29, 0.717) is 31.1 Å². The smallest absolute Gasteiger partial charge is 0.237 e. The first-order valence-electron chi connectivity index (χ1n) is 9.32. The lowest BCUT2D eigenvalue weighted by Crippen LogP contribution is -2.49. The Morgan fingerprint density at radius 1 is 1.14 bits per heavy atom. The van der Waals surface area contributed by atoms with Crippen molar-refractivity contribution < 1.29 is 9.90 Å². The van der Waals surface area contributed by atoms with Crippen LogP contribution in [0.5, 0.6) is 0 Å². The van der Waals surface area contributed by atoms with Crippen LogP contribution in [0.1, 0.15) is 64.7 Å². The summed E-state index contributed by atoms with van der Waals surface area (Å²) < 4.78 is 0. The predicted molar refractivity (Wildman–Crippen MR) is 87.6 cm³/mol. The van der Waals surface area contributed by atoms with Crippen LogP contribution in [-0.4, -0.2) is 59.1 Å². The second-order valence-electron chi connectivity index (χ2n) is 7.76. The monoisotopic (exact) mass is 308 g/mol. The number of nitrogens with zero attached hydrogens (tertiary/aromatic N) is 2. The first-order chi connectivity index (χ1) is 10.7. The van der Waals surface area contributed by atoms with Gasteiger partial charge in [-0.15, -0.1) is 0 Å². The van der Waals surface area contributed by atoms with Crippen LogP contribution >= 0.6 is 0 Å². The van der Waals surface area contributed by atoms with Crippen LogP contribution in [0.25, 0.3) is 0 Å². The Hall–Kier alpha value is -0.610. The maximum Gasteiger partial charge on any atom is 0.237 e. The molecule has 4 heteroatoms. The number of hydrogen-bond donors (Lipinski definition) is 1. The van der Waals surface area contributed by atoms with E-state index in [9.17, 15) is 9.90 Å². The highest BCUT2D eigenvalue weighted by Gasteiger charge is 2.39. The molecule has 4 nitrogen and oxygen atoms in total. The van der Waals surface area contributed by atoms with Crippen LogP contribution < -0.4 is 0 Å². The molecule has 0 aromatic heterocycles. The molecule has 1 N–H and O–H groups in total. The second-order valence-corrected chi connectivity index (χ2v) is 7.76. The maximum absolute atomic E-state index is 12.8. The lowest BCUT2D eigenvalue weighted by atomic mass is 9.77. The first-order valence-corrected chi connectivity index (χ1v) is 9.32. The van der Waals surface area contributed by atoms with E-state index in [-0.39, 0.29) is 5.41 Å².